The summed E-state index contributed by atoms with van der Waals surface area (Å²) in [6.45, 7) is 8.32. The number of benzene rings is 1. The molecule has 3 N–H and O–H groups in total. The van der Waals surface area contributed by atoms with Gasteiger partial charge in [0, 0.05) is 11.6 Å². The molecule has 0 aromatic heterocycles. The second-order valence-corrected chi connectivity index (χ2v) is 7.27. The Kier molecular flexibility index (Phi) is 9.36. The van der Waals surface area contributed by atoms with Crippen LogP contribution in [0.5, 0.6) is 17.2 Å². The van der Waals surface area contributed by atoms with Gasteiger partial charge in [0.05, 0.1) is 7.11 Å². The van der Waals surface area contributed by atoms with Gasteiger partial charge in [-0.15, -0.1) is 0 Å². The summed E-state index contributed by atoms with van der Waals surface area (Å²) in [6, 6.07) is 1.12. The Morgan fingerprint density at radius 2 is 1.54 bits per heavy atom. The minimum Gasteiger partial charge on any atom is -0.507 e. The number of carboxylic acid groups (broad SMARTS) is 1. The highest BCUT2D eigenvalue weighted by molar-refractivity contribution is 5.92. The molecule has 0 radical (unpaired) electrons. The first-order chi connectivity index (χ1) is 13.2. The molecule has 1 aromatic carbocycles. The number of carbonyl (C=O) groups is 1. The fourth-order valence-corrected chi connectivity index (χ4v) is 2.82. The fraction of sp³-hybridized carbons (Fsp3) is 0.435. The molecule has 0 unspecified atom stereocenters. The van der Waals surface area contributed by atoms with Crippen molar-refractivity contribution >= 4 is 5.97 Å². The van der Waals surface area contributed by atoms with E-state index in [-0.39, 0.29) is 29.0 Å². The highest BCUT2D eigenvalue weighted by Crippen LogP contribution is 2.39. The third kappa shape index (κ3) is 7.14. The van der Waals surface area contributed by atoms with Crippen LogP contribution in [0.1, 0.15) is 69.3 Å². The lowest BCUT2D eigenvalue weighted by molar-refractivity contribution is 0.0693. The molecule has 0 amide bonds. The summed E-state index contributed by atoms with van der Waals surface area (Å²) >= 11 is 0. The standard InChI is InChI=1S/C23H32O5/c1-15(2)8-6-9-16(3)10-7-11-17(4)12-13-18-21(24)19(23(26)27)14-20(28-5)22(18)25/h8,10,12,14,24-25H,6-7,9,11,13H2,1-5H3,(H,26,27)/b16-10+,17-12+. The van der Waals surface area contributed by atoms with Gasteiger partial charge in [0.15, 0.2) is 11.5 Å². The second kappa shape index (κ2) is 11.2. The van der Waals surface area contributed by atoms with E-state index >= 15 is 0 Å². The molecular formula is C23H32O5. The molecule has 0 heterocycles. The molecule has 0 fully saturated rings. The van der Waals surface area contributed by atoms with Gasteiger partial charge in [0.1, 0.15) is 11.3 Å². The molecule has 5 nitrogen and oxygen atoms in total. The first-order valence-corrected chi connectivity index (χ1v) is 9.47. The van der Waals surface area contributed by atoms with E-state index in [9.17, 15) is 20.1 Å². The molecule has 28 heavy (non-hydrogen) atoms. The molecule has 1 aromatic rings. The van der Waals surface area contributed by atoms with Gasteiger partial charge in [-0.25, -0.2) is 4.79 Å². The van der Waals surface area contributed by atoms with Crippen molar-refractivity contribution in [3.8, 4) is 17.2 Å². The molecule has 0 atom stereocenters. The number of hydrogen-bond acceptors (Lipinski definition) is 4. The minimum absolute atomic E-state index is 0.0335. The van der Waals surface area contributed by atoms with Crippen molar-refractivity contribution in [3.05, 3.63) is 52.1 Å². The van der Waals surface area contributed by atoms with Crippen LogP contribution in [-0.4, -0.2) is 28.4 Å². The Labute approximate surface area is 167 Å². The summed E-state index contributed by atoms with van der Waals surface area (Å²) in [5, 5.41) is 29.7. The summed E-state index contributed by atoms with van der Waals surface area (Å²) < 4.78 is 5.02. The summed E-state index contributed by atoms with van der Waals surface area (Å²) in [5.74, 6) is -1.90. The Balaban J connectivity index is 2.79. The highest BCUT2D eigenvalue weighted by Gasteiger charge is 2.21. The van der Waals surface area contributed by atoms with Crippen molar-refractivity contribution in [1.29, 1.82) is 0 Å². The normalized spacial score (nSPS) is 12.0. The molecule has 0 spiro atoms. The van der Waals surface area contributed by atoms with Crippen LogP contribution < -0.4 is 4.74 Å². The van der Waals surface area contributed by atoms with Crippen molar-refractivity contribution < 1.29 is 24.9 Å². The first kappa shape index (κ1) is 23.3. The number of methoxy groups -OCH3 is 1. The quantitative estimate of drug-likeness (QED) is 0.443. The van der Waals surface area contributed by atoms with Gasteiger partial charge in [-0.1, -0.05) is 34.9 Å². The van der Waals surface area contributed by atoms with Crippen LogP contribution in [0, 0.1) is 0 Å². The number of phenols is 2. The Bertz CT molecular complexity index is 781. The van der Waals surface area contributed by atoms with Crippen LogP contribution in [0.3, 0.4) is 0 Å². The van der Waals surface area contributed by atoms with Gasteiger partial charge in [-0.05, 0) is 59.8 Å². The van der Waals surface area contributed by atoms with E-state index in [0.29, 0.717) is 0 Å². The molecule has 0 aliphatic rings. The maximum atomic E-state index is 11.3. The van der Waals surface area contributed by atoms with Crippen molar-refractivity contribution in [2.75, 3.05) is 7.11 Å². The van der Waals surface area contributed by atoms with Gasteiger partial charge >= 0.3 is 5.97 Å². The van der Waals surface area contributed by atoms with Crippen LogP contribution in [0.4, 0.5) is 0 Å². The van der Waals surface area contributed by atoms with Gasteiger partial charge in [-0.3, -0.25) is 0 Å². The predicted octanol–water partition coefficient (Wildman–Crippen LogP) is 5.77. The van der Waals surface area contributed by atoms with E-state index in [4.69, 9.17) is 4.74 Å². The number of phenolic OH excluding ortho intramolecular Hbond substituents is 1. The number of aromatic carboxylic acids is 1. The zero-order valence-corrected chi connectivity index (χ0v) is 17.5. The van der Waals surface area contributed by atoms with E-state index in [0.717, 1.165) is 37.3 Å². The number of ether oxygens (including phenoxy) is 1. The summed E-state index contributed by atoms with van der Waals surface area (Å²) in [5.41, 5.74) is 3.67. The molecule has 0 aliphatic heterocycles. The largest absolute Gasteiger partial charge is 0.507 e. The lowest BCUT2D eigenvalue weighted by atomic mass is 10.0. The van der Waals surface area contributed by atoms with Crippen LogP contribution in [0.2, 0.25) is 0 Å². The second-order valence-electron chi connectivity index (χ2n) is 7.27. The topological polar surface area (TPSA) is 87.0 Å². The Morgan fingerprint density at radius 1 is 0.964 bits per heavy atom. The molecule has 0 saturated carbocycles. The van der Waals surface area contributed by atoms with Crippen molar-refractivity contribution in [2.45, 2.75) is 59.8 Å². The Morgan fingerprint density at radius 3 is 2.07 bits per heavy atom. The van der Waals surface area contributed by atoms with Crippen LogP contribution in [-0.2, 0) is 6.42 Å². The van der Waals surface area contributed by atoms with E-state index in [2.05, 4.69) is 32.9 Å². The van der Waals surface area contributed by atoms with Crippen molar-refractivity contribution in [3.63, 3.8) is 0 Å². The number of rotatable bonds is 10. The SMILES string of the molecule is COc1cc(C(=O)O)c(O)c(C/C=C(\C)CC/C=C(\C)CCC=C(C)C)c1O. The van der Waals surface area contributed by atoms with Crippen LogP contribution >= 0.6 is 0 Å². The zero-order chi connectivity index (χ0) is 21.3. The first-order valence-electron chi connectivity index (χ1n) is 9.47. The van der Waals surface area contributed by atoms with Crippen molar-refractivity contribution in [2.24, 2.45) is 0 Å². The lowest BCUT2D eigenvalue weighted by Crippen LogP contribution is -2.01. The molecule has 0 aliphatic carbocycles. The number of aromatic hydroxyl groups is 2. The molecule has 0 saturated heterocycles. The Hall–Kier alpha value is -2.69. The monoisotopic (exact) mass is 388 g/mol. The van der Waals surface area contributed by atoms with Crippen LogP contribution in [0.15, 0.2) is 41.0 Å². The average Bonchev–Trinajstić information content (AvgIpc) is 2.61. The van der Waals surface area contributed by atoms with Crippen molar-refractivity contribution in [1.82, 2.24) is 0 Å². The maximum absolute atomic E-state index is 11.3. The maximum Gasteiger partial charge on any atom is 0.339 e. The van der Waals surface area contributed by atoms with E-state index in [1.165, 1.54) is 18.3 Å². The van der Waals surface area contributed by atoms with Crippen LogP contribution in [0.25, 0.3) is 0 Å². The van der Waals surface area contributed by atoms with E-state index < -0.39 is 11.7 Å². The van der Waals surface area contributed by atoms with Gasteiger partial charge in [0.25, 0.3) is 0 Å². The predicted molar refractivity (Wildman–Crippen MR) is 112 cm³/mol. The summed E-state index contributed by atoms with van der Waals surface area (Å²) in [4.78, 5) is 11.3. The number of allylic oxidation sites excluding steroid dienone is 6. The number of carboxylic acids is 1. The molecule has 1 rings (SSSR count). The smallest absolute Gasteiger partial charge is 0.339 e. The fourth-order valence-electron chi connectivity index (χ4n) is 2.82. The molecular weight excluding hydrogens is 356 g/mol. The third-order valence-corrected chi connectivity index (χ3v) is 4.56. The molecule has 0 bridgehead atoms. The lowest BCUT2D eigenvalue weighted by Gasteiger charge is -2.12. The third-order valence-electron chi connectivity index (χ3n) is 4.56. The zero-order valence-electron chi connectivity index (χ0n) is 17.5. The average molecular weight is 389 g/mol. The summed E-state index contributed by atoms with van der Waals surface area (Å²) in [6.07, 6.45) is 10.5. The van der Waals surface area contributed by atoms with Gasteiger partial charge in [0.2, 0.25) is 0 Å². The highest BCUT2D eigenvalue weighted by atomic mass is 16.5. The minimum atomic E-state index is -1.27. The molecule has 5 heteroatoms. The number of hydrogen-bond donors (Lipinski definition) is 3. The van der Waals surface area contributed by atoms with E-state index in [1.54, 1.807) is 0 Å². The van der Waals surface area contributed by atoms with Gasteiger partial charge < -0.3 is 20.1 Å². The molecule has 154 valence electrons. The van der Waals surface area contributed by atoms with Gasteiger partial charge in [-0.2, -0.15) is 0 Å². The van der Waals surface area contributed by atoms with E-state index in [1.807, 2.05) is 13.0 Å². The summed E-state index contributed by atoms with van der Waals surface area (Å²) in [7, 11) is 1.34.